The van der Waals surface area contributed by atoms with E-state index in [9.17, 15) is 0 Å². The Bertz CT molecular complexity index is 1130. The zero-order chi connectivity index (χ0) is 18.2. The number of likely N-dealkylation sites (N-methyl/N-ethyl adjacent to an activating group) is 1. The molecule has 0 spiro atoms. The maximum Gasteiger partial charge on any atom is 0.120 e. The minimum atomic E-state index is 0.169. The SMILES string of the molecule is CN1CC(c2cnc3ccc(-c4n[nH]nc4-c4ccccc4)cc3n2)C=N1. The van der Waals surface area contributed by atoms with Gasteiger partial charge in [0.2, 0.25) is 0 Å². The van der Waals surface area contributed by atoms with Crippen molar-refractivity contribution in [3.63, 3.8) is 0 Å². The van der Waals surface area contributed by atoms with Gasteiger partial charge in [0.1, 0.15) is 11.4 Å². The lowest BCUT2D eigenvalue weighted by Crippen LogP contribution is -2.13. The molecule has 1 aliphatic rings. The lowest BCUT2D eigenvalue weighted by atomic mass is 10.0. The van der Waals surface area contributed by atoms with Crippen LogP contribution in [0.2, 0.25) is 0 Å². The summed E-state index contributed by atoms with van der Waals surface area (Å²) in [4.78, 5) is 9.39. The molecular formula is C20H17N7. The van der Waals surface area contributed by atoms with Crippen LogP contribution in [0.15, 0.2) is 59.8 Å². The number of nitrogens with one attached hydrogen (secondary N) is 1. The van der Waals surface area contributed by atoms with Crippen LogP contribution < -0.4 is 0 Å². The third-order valence-corrected chi connectivity index (χ3v) is 4.71. The molecule has 3 heterocycles. The van der Waals surface area contributed by atoms with E-state index in [1.54, 1.807) is 0 Å². The van der Waals surface area contributed by atoms with Crippen molar-refractivity contribution in [2.24, 2.45) is 5.10 Å². The number of H-pyrrole nitrogens is 1. The second-order valence-electron chi connectivity index (χ2n) is 6.60. The van der Waals surface area contributed by atoms with E-state index in [4.69, 9.17) is 4.98 Å². The third-order valence-electron chi connectivity index (χ3n) is 4.71. The van der Waals surface area contributed by atoms with Crippen molar-refractivity contribution in [1.82, 2.24) is 30.4 Å². The van der Waals surface area contributed by atoms with Crippen molar-refractivity contribution < 1.29 is 0 Å². The first kappa shape index (κ1) is 15.6. The smallest absolute Gasteiger partial charge is 0.120 e. The van der Waals surface area contributed by atoms with Crippen LogP contribution in [0, 0.1) is 0 Å². The van der Waals surface area contributed by atoms with Gasteiger partial charge in [-0.1, -0.05) is 36.4 Å². The molecular weight excluding hydrogens is 338 g/mol. The monoisotopic (exact) mass is 355 g/mol. The van der Waals surface area contributed by atoms with Gasteiger partial charge in [0.05, 0.1) is 22.6 Å². The van der Waals surface area contributed by atoms with Crippen LogP contribution in [-0.4, -0.2) is 50.2 Å². The van der Waals surface area contributed by atoms with E-state index < -0.39 is 0 Å². The minimum absolute atomic E-state index is 0.169. The Kier molecular flexibility index (Phi) is 3.64. The minimum Gasteiger partial charge on any atom is -0.299 e. The second kappa shape index (κ2) is 6.28. The largest absolute Gasteiger partial charge is 0.299 e. The van der Waals surface area contributed by atoms with Crippen LogP contribution in [0.1, 0.15) is 11.6 Å². The maximum absolute atomic E-state index is 4.83. The Balaban J connectivity index is 1.57. The van der Waals surface area contributed by atoms with Gasteiger partial charge in [-0.05, 0) is 12.1 Å². The first-order valence-electron chi connectivity index (χ1n) is 8.76. The quantitative estimate of drug-likeness (QED) is 0.610. The van der Waals surface area contributed by atoms with Crippen molar-refractivity contribution in [3.05, 3.63) is 60.4 Å². The van der Waals surface area contributed by atoms with E-state index in [0.29, 0.717) is 0 Å². The number of benzene rings is 2. The Hall–Kier alpha value is -3.61. The predicted molar refractivity (Wildman–Crippen MR) is 104 cm³/mol. The van der Waals surface area contributed by atoms with Crippen molar-refractivity contribution in [3.8, 4) is 22.5 Å². The molecule has 1 unspecified atom stereocenters. The van der Waals surface area contributed by atoms with Crippen LogP contribution in [0.25, 0.3) is 33.5 Å². The van der Waals surface area contributed by atoms with E-state index in [-0.39, 0.29) is 5.92 Å². The molecule has 0 aliphatic carbocycles. The maximum atomic E-state index is 4.83. The van der Waals surface area contributed by atoms with Crippen molar-refractivity contribution >= 4 is 17.2 Å². The molecule has 7 nitrogen and oxygen atoms in total. The summed E-state index contributed by atoms with van der Waals surface area (Å²) in [5.41, 5.74) is 6.23. The van der Waals surface area contributed by atoms with Crippen LogP contribution >= 0.6 is 0 Å². The second-order valence-corrected chi connectivity index (χ2v) is 6.60. The molecule has 132 valence electrons. The number of hydrogen-bond donors (Lipinski definition) is 1. The summed E-state index contributed by atoms with van der Waals surface area (Å²) in [5, 5.41) is 17.7. The van der Waals surface area contributed by atoms with Gasteiger partial charge in [-0.15, -0.1) is 0 Å². The highest BCUT2D eigenvalue weighted by molar-refractivity contribution is 5.85. The molecule has 0 saturated carbocycles. The predicted octanol–water partition coefficient (Wildman–Crippen LogP) is 3.10. The highest BCUT2D eigenvalue weighted by atomic mass is 15.4. The van der Waals surface area contributed by atoms with Crippen molar-refractivity contribution in [1.29, 1.82) is 0 Å². The summed E-state index contributed by atoms with van der Waals surface area (Å²) in [5.74, 6) is 0.169. The summed E-state index contributed by atoms with van der Waals surface area (Å²) >= 11 is 0. The standard InChI is InChI=1S/C20H17N7/c1-27-12-15(10-22-27)18-11-21-16-8-7-14(9-17(16)23-18)20-19(24-26-25-20)13-5-3-2-4-6-13/h2-11,15H,12H2,1H3,(H,24,25,26). The van der Waals surface area contributed by atoms with E-state index in [2.05, 4.69) is 25.5 Å². The zero-order valence-corrected chi connectivity index (χ0v) is 14.7. The lowest BCUT2D eigenvalue weighted by molar-refractivity contribution is 0.380. The van der Waals surface area contributed by atoms with Gasteiger partial charge in [-0.25, -0.2) is 4.98 Å². The average molecular weight is 355 g/mol. The van der Waals surface area contributed by atoms with E-state index >= 15 is 0 Å². The zero-order valence-electron chi connectivity index (χ0n) is 14.7. The number of aromatic amines is 1. The van der Waals surface area contributed by atoms with Gasteiger partial charge >= 0.3 is 0 Å². The number of fused-ring (bicyclic) bond motifs is 1. The Morgan fingerprint density at radius 1 is 0.963 bits per heavy atom. The van der Waals surface area contributed by atoms with E-state index in [1.807, 2.05) is 73.0 Å². The summed E-state index contributed by atoms with van der Waals surface area (Å²) in [6.45, 7) is 0.821. The molecule has 5 rings (SSSR count). The Labute approximate surface area is 155 Å². The van der Waals surface area contributed by atoms with Gasteiger partial charge < -0.3 is 0 Å². The Morgan fingerprint density at radius 2 is 1.78 bits per heavy atom. The molecule has 0 bridgehead atoms. The number of hydrazone groups is 1. The Morgan fingerprint density at radius 3 is 2.56 bits per heavy atom. The van der Waals surface area contributed by atoms with E-state index in [1.165, 1.54) is 0 Å². The lowest BCUT2D eigenvalue weighted by Gasteiger charge is -2.10. The molecule has 2 aromatic heterocycles. The van der Waals surface area contributed by atoms with Crippen LogP contribution in [-0.2, 0) is 0 Å². The fourth-order valence-electron chi connectivity index (χ4n) is 3.32. The molecule has 1 aliphatic heterocycles. The molecule has 1 atom stereocenters. The number of rotatable bonds is 3. The summed E-state index contributed by atoms with van der Waals surface area (Å²) in [7, 11) is 1.96. The summed E-state index contributed by atoms with van der Waals surface area (Å²) in [6, 6.07) is 16.0. The van der Waals surface area contributed by atoms with Gasteiger partial charge in [0.25, 0.3) is 0 Å². The van der Waals surface area contributed by atoms with Gasteiger partial charge in [0.15, 0.2) is 0 Å². The molecule has 7 heteroatoms. The summed E-state index contributed by atoms with van der Waals surface area (Å²) in [6.07, 6.45) is 3.76. The topological polar surface area (TPSA) is 83.0 Å². The molecule has 0 fully saturated rings. The first-order valence-corrected chi connectivity index (χ1v) is 8.76. The van der Waals surface area contributed by atoms with Crippen LogP contribution in [0.5, 0.6) is 0 Å². The average Bonchev–Trinajstić information content (AvgIpc) is 3.37. The molecule has 27 heavy (non-hydrogen) atoms. The molecule has 1 N–H and O–H groups in total. The van der Waals surface area contributed by atoms with E-state index in [0.717, 1.165) is 45.8 Å². The van der Waals surface area contributed by atoms with Crippen molar-refractivity contribution in [2.45, 2.75) is 5.92 Å². The fraction of sp³-hybridized carbons (Fsp3) is 0.150. The van der Waals surface area contributed by atoms with Gasteiger partial charge in [-0.2, -0.15) is 20.5 Å². The van der Waals surface area contributed by atoms with Crippen LogP contribution in [0.3, 0.4) is 0 Å². The highest BCUT2D eigenvalue weighted by Gasteiger charge is 2.19. The van der Waals surface area contributed by atoms with Gasteiger partial charge in [0, 0.05) is 37.1 Å². The fourth-order valence-corrected chi connectivity index (χ4v) is 3.32. The van der Waals surface area contributed by atoms with Crippen molar-refractivity contribution in [2.75, 3.05) is 13.6 Å². The number of nitrogens with zero attached hydrogens (tertiary/aromatic N) is 6. The molecule has 4 aromatic rings. The summed E-state index contributed by atoms with van der Waals surface area (Å²) < 4.78 is 0. The number of hydrogen-bond acceptors (Lipinski definition) is 6. The highest BCUT2D eigenvalue weighted by Crippen LogP contribution is 2.30. The molecule has 2 aromatic carbocycles. The first-order chi connectivity index (χ1) is 13.3. The third kappa shape index (κ3) is 2.83. The molecule has 0 amide bonds. The normalized spacial score (nSPS) is 16.3. The van der Waals surface area contributed by atoms with Gasteiger partial charge in [-0.3, -0.25) is 9.99 Å². The number of aromatic nitrogens is 5. The molecule has 0 saturated heterocycles. The van der Waals surface area contributed by atoms with Crippen LogP contribution in [0.4, 0.5) is 0 Å². The molecule has 0 radical (unpaired) electrons.